The molecule has 3 heteroatoms. The van der Waals surface area contributed by atoms with Gasteiger partial charge in [-0.05, 0) is 38.9 Å². The third-order valence-corrected chi connectivity index (χ3v) is 5.40. The molecular formula is C17H26N2O. The summed E-state index contributed by atoms with van der Waals surface area (Å²) in [5.74, 6) is 0.968. The van der Waals surface area contributed by atoms with Crippen LogP contribution < -0.4 is 10.1 Å². The number of pyridine rings is 1. The van der Waals surface area contributed by atoms with E-state index in [-0.39, 0.29) is 0 Å². The fourth-order valence-electron chi connectivity index (χ4n) is 4.12. The second-order valence-corrected chi connectivity index (χ2v) is 6.42. The highest BCUT2D eigenvalue weighted by Gasteiger charge is 2.55. The summed E-state index contributed by atoms with van der Waals surface area (Å²) in [5.41, 5.74) is 1.36. The number of hydrogen-bond acceptors (Lipinski definition) is 3. The summed E-state index contributed by atoms with van der Waals surface area (Å²) in [7, 11) is 2.10. The van der Waals surface area contributed by atoms with E-state index in [9.17, 15) is 0 Å². The first-order valence-electron chi connectivity index (χ1n) is 8.02. The highest BCUT2D eigenvalue weighted by atomic mass is 16.5. The summed E-state index contributed by atoms with van der Waals surface area (Å²) in [6.07, 6.45) is 11.4. The van der Waals surface area contributed by atoms with Gasteiger partial charge in [-0.2, -0.15) is 0 Å². The van der Waals surface area contributed by atoms with Crippen molar-refractivity contribution < 1.29 is 4.74 Å². The van der Waals surface area contributed by atoms with Crippen molar-refractivity contribution in [3.63, 3.8) is 0 Å². The molecule has 2 aliphatic rings. The Morgan fingerprint density at radius 3 is 2.65 bits per heavy atom. The molecule has 0 saturated heterocycles. The molecule has 2 unspecified atom stereocenters. The molecule has 2 aliphatic carbocycles. The molecule has 0 bridgehead atoms. The number of rotatable bonds is 3. The molecule has 110 valence electrons. The zero-order valence-corrected chi connectivity index (χ0v) is 12.7. The SMILES string of the molecule is CNC1CC(Oc2cccnc2C)C12CCCCCC2. The molecule has 0 aliphatic heterocycles. The third-order valence-electron chi connectivity index (χ3n) is 5.40. The van der Waals surface area contributed by atoms with E-state index in [1.807, 2.05) is 19.2 Å². The summed E-state index contributed by atoms with van der Waals surface area (Å²) in [5, 5.41) is 3.52. The molecule has 3 nitrogen and oxygen atoms in total. The molecule has 0 radical (unpaired) electrons. The molecule has 2 saturated carbocycles. The van der Waals surface area contributed by atoms with Gasteiger partial charge in [-0.25, -0.2) is 0 Å². The van der Waals surface area contributed by atoms with Gasteiger partial charge < -0.3 is 10.1 Å². The molecule has 2 atom stereocenters. The van der Waals surface area contributed by atoms with E-state index in [0.717, 1.165) is 17.9 Å². The molecule has 1 aromatic heterocycles. The van der Waals surface area contributed by atoms with Gasteiger partial charge in [0, 0.05) is 24.1 Å². The second kappa shape index (κ2) is 5.72. The predicted molar refractivity (Wildman–Crippen MR) is 81.0 cm³/mol. The Kier molecular flexibility index (Phi) is 3.97. The van der Waals surface area contributed by atoms with Crippen molar-refractivity contribution in [2.75, 3.05) is 7.05 Å². The summed E-state index contributed by atoms with van der Waals surface area (Å²) in [6.45, 7) is 2.03. The Hall–Kier alpha value is -1.09. The minimum atomic E-state index is 0.355. The Morgan fingerprint density at radius 1 is 1.25 bits per heavy atom. The van der Waals surface area contributed by atoms with E-state index in [4.69, 9.17) is 4.74 Å². The highest BCUT2D eigenvalue weighted by molar-refractivity contribution is 5.27. The summed E-state index contributed by atoms with van der Waals surface area (Å²) in [4.78, 5) is 4.34. The maximum Gasteiger partial charge on any atom is 0.140 e. The zero-order chi connectivity index (χ0) is 14.0. The molecule has 0 aromatic carbocycles. The molecule has 0 amide bonds. The first-order valence-corrected chi connectivity index (χ1v) is 8.02. The molecule has 1 N–H and O–H groups in total. The molecule has 1 aromatic rings. The van der Waals surface area contributed by atoms with Gasteiger partial charge in [-0.15, -0.1) is 0 Å². The lowest BCUT2D eigenvalue weighted by atomic mass is 9.58. The largest absolute Gasteiger partial charge is 0.488 e. The quantitative estimate of drug-likeness (QED) is 0.916. The van der Waals surface area contributed by atoms with E-state index in [1.165, 1.54) is 38.5 Å². The van der Waals surface area contributed by atoms with Crippen LogP contribution in [-0.4, -0.2) is 24.2 Å². The molecule has 1 spiro atoms. The van der Waals surface area contributed by atoms with E-state index >= 15 is 0 Å². The number of ether oxygens (including phenoxy) is 1. The van der Waals surface area contributed by atoms with Crippen LogP contribution >= 0.6 is 0 Å². The van der Waals surface area contributed by atoms with Crippen molar-refractivity contribution in [1.29, 1.82) is 0 Å². The van der Waals surface area contributed by atoms with E-state index < -0.39 is 0 Å². The lowest BCUT2D eigenvalue weighted by molar-refractivity contribution is -0.0886. The zero-order valence-electron chi connectivity index (χ0n) is 12.7. The summed E-state index contributed by atoms with van der Waals surface area (Å²) < 4.78 is 6.36. The van der Waals surface area contributed by atoms with E-state index in [1.54, 1.807) is 0 Å². The predicted octanol–water partition coefficient (Wildman–Crippen LogP) is 3.47. The first-order chi connectivity index (χ1) is 9.76. The summed E-state index contributed by atoms with van der Waals surface area (Å²) >= 11 is 0. The standard InChI is InChI=1S/C17H26N2O/c1-13-14(8-7-11-19-13)20-16-12-15(18-2)17(16)9-5-3-4-6-10-17/h7-8,11,15-16,18H,3-6,9-10,12H2,1-2H3. The van der Waals surface area contributed by atoms with Crippen LogP contribution in [0, 0.1) is 12.3 Å². The van der Waals surface area contributed by atoms with Gasteiger partial charge in [0.05, 0.1) is 5.69 Å². The van der Waals surface area contributed by atoms with Crippen LogP contribution in [0.3, 0.4) is 0 Å². The second-order valence-electron chi connectivity index (χ2n) is 6.42. The Balaban J connectivity index is 1.77. The van der Waals surface area contributed by atoms with Gasteiger partial charge in [0.15, 0.2) is 0 Å². The van der Waals surface area contributed by atoms with E-state index in [2.05, 4.69) is 23.4 Å². The molecule has 2 fully saturated rings. The van der Waals surface area contributed by atoms with Crippen LogP contribution in [0.4, 0.5) is 0 Å². The van der Waals surface area contributed by atoms with Crippen molar-refractivity contribution in [3.05, 3.63) is 24.0 Å². The Morgan fingerprint density at radius 2 is 2.00 bits per heavy atom. The Bertz CT molecular complexity index is 452. The van der Waals surface area contributed by atoms with Crippen LogP contribution in [-0.2, 0) is 0 Å². The lowest BCUT2D eigenvalue weighted by Crippen LogP contribution is -2.64. The number of aryl methyl sites for hydroxylation is 1. The number of nitrogens with one attached hydrogen (secondary N) is 1. The monoisotopic (exact) mass is 274 g/mol. The van der Waals surface area contributed by atoms with Crippen molar-refractivity contribution in [2.24, 2.45) is 5.41 Å². The van der Waals surface area contributed by atoms with Crippen LogP contribution in [0.5, 0.6) is 5.75 Å². The van der Waals surface area contributed by atoms with Gasteiger partial charge in [0.2, 0.25) is 0 Å². The normalized spacial score (nSPS) is 28.7. The molecular weight excluding hydrogens is 248 g/mol. The van der Waals surface area contributed by atoms with Crippen molar-refractivity contribution in [1.82, 2.24) is 10.3 Å². The van der Waals surface area contributed by atoms with E-state index in [0.29, 0.717) is 17.6 Å². The molecule has 20 heavy (non-hydrogen) atoms. The first kappa shape index (κ1) is 13.9. The average molecular weight is 274 g/mol. The van der Waals surface area contributed by atoms with Gasteiger partial charge in [0.25, 0.3) is 0 Å². The average Bonchev–Trinajstić information content (AvgIpc) is 2.72. The highest BCUT2D eigenvalue weighted by Crippen LogP contribution is 2.52. The number of nitrogens with zero attached hydrogens (tertiary/aromatic N) is 1. The van der Waals surface area contributed by atoms with Crippen molar-refractivity contribution >= 4 is 0 Å². The minimum absolute atomic E-state index is 0.355. The topological polar surface area (TPSA) is 34.1 Å². The smallest absolute Gasteiger partial charge is 0.140 e. The lowest BCUT2D eigenvalue weighted by Gasteiger charge is -2.55. The fourth-order valence-corrected chi connectivity index (χ4v) is 4.12. The maximum absolute atomic E-state index is 6.36. The fraction of sp³-hybridized carbons (Fsp3) is 0.706. The van der Waals surface area contributed by atoms with Crippen LogP contribution in [0.1, 0.15) is 50.6 Å². The summed E-state index contributed by atoms with van der Waals surface area (Å²) in [6, 6.07) is 4.65. The van der Waals surface area contributed by atoms with Gasteiger partial charge in [-0.1, -0.05) is 25.7 Å². The third kappa shape index (κ3) is 2.32. The van der Waals surface area contributed by atoms with Crippen LogP contribution in [0.2, 0.25) is 0 Å². The molecule has 3 rings (SSSR count). The van der Waals surface area contributed by atoms with Crippen LogP contribution in [0.15, 0.2) is 18.3 Å². The van der Waals surface area contributed by atoms with Crippen molar-refractivity contribution in [2.45, 2.75) is 64.0 Å². The minimum Gasteiger partial charge on any atom is -0.488 e. The van der Waals surface area contributed by atoms with Crippen molar-refractivity contribution in [3.8, 4) is 5.75 Å². The maximum atomic E-state index is 6.36. The van der Waals surface area contributed by atoms with Gasteiger partial charge >= 0.3 is 0 Å². The van der Waals surface area contributed by atoms with Gasteiger partial charge in [-0.3, -0.25) is 4.98 Å². The number of aromatic nitrogens is 1. The number of hydrogen-bond donors (Lipinski definition) is 1. The van der Waals surface area contributed by atoms with Gasteiger partial charge in [0.1, 0.15) is 11.9 Å². The molecule has 1 heterocycles. The van der Waals surface area contributed by atoms with Crippen LogP contribution in [0.25, 0.3) is 0 Å². The Labute approximate surface area is 122 Å².